The Bertz CT molecular complexity index is 533. The van der Waals surface area contributed by atoms with Crippen LogP contribution in [0.4, 0.5) is 0 Å². The van der Waals surface area contributed by atoms with Crippen LogP contribution in [0.3, 0.4) is 0 Å². The second kappa shape index (κ2) is 14.6. The zero-order valence-electron chi connectivity index (χ0n) is 16.7. The topological polar surface area (TPSA) is 28.7 Å². The highest BCUT2D eigenvalue weighted by atomic mass is 32.2. The summed E-state index contributed by atoms with van der Waals surface area (Å²) in [6, 6.07) is 0. The number of thioether (sulfide) groups is 1. The Morgan fingerprint density at radius 2 is 1.31 bits per heavy atom. The van der Waals surface area contributed by atoms with Crippen molar-refractivity contribution in [3.63, 3.8) is 0 Å². The van der Waals surface area contributed by atoms with E-state index in [2.05, 4.69) is 27.7 Å². The summed E-state index contributed by atoms with van der Waals surface area (Å²) in [5.74, 6) is 1.19. The first kappa shape index (κ1) is 21.8. The summed E-state index contributed by atoms with van der Waals surface area (Å²) in [5.41, 5.74) is 2.31. The van der Waals surface area contributed by atoms with Gasteiger partial charge in [0, 0.05) is 16.5 Å². The average Bonchev–Trinajstić information content (AvgIpc) is 3.23. The third-order valence-electron chi connectivity index (χ3n) is 5.09. The van der Waals surface area contributed by atoms with E-state index in [1.54, 1.807) is 11.3 Å². The standard InChI is InChI=1S/C22H38N2S2/c1-2-3-4-5-6-7-8-9-10-11-12-13-14-15-16-17-26-22-23-20-18-25-19-21(20)24-22/h18-19H,2-17H2,1H3,(H,23,24). The summed E-state index contributed by atoms with van der Waals surface area (Å²) in [7, 11) is 0. The van der Waals surface area contributed by atoms with Crippen molar-refractivity contribution in [2.45, 2.75) is 108 Å². The van der Waals surface area contributed by atoms with Gasteiger partial charge in [0.15, 0.2) is 5.16 Å². The lowest BCUT2D eigenvalue weighted by molar-refractivity contribution is 0.535. The largest absolute Gasteiger partial charge is 0.332 e. The van der Waals surface area contributed by atoms with E-state index in [1.165, 1.54) is 108 Å². The molecule has 2 rings (SSSR count). The minimum atomic E-state index is 1.09. The first-order valence-corrected chi connectivity index (χ1v) is 12.9. The fraction of sp³-hybridized carbons (Fsp3) is 0.773. The molecule has 0 spiro atoms. The van der Waals surface area contributed by atoms with E-state index in [1.807, 2.05) is 11.8 Å². The van der Waals surface area contributed by atoms with Gasteiger partial charge in [0.25, 0.3) is 0 Å². The Balaban J connectivity index is 1.29. The Hall–Kier alpha value is -0.480. The molecule has 1 N–H and O–H groups in total. The van der Waals surface area contributed by atoms with Crippen LogP contribution < -0.4 is 0 Å². The van der Waals surface area contributed by atoms with Crippen molar-refractivity contribution in [3.05, 3.63) is 10.8 Å². The Kier molecular flexibility index (Phi) is 12.2. The Morgan fingerprint density at radius 1 is 0.769 bits per heavy atom. The molecule has 0 aliphatic heterocycles. The van der Waals surface area contributed by atoms with Gasteiger partial charge in [0.05, 0.1) is 5.52 Å². The molecule has 0 amide bonds. The maximum atomic E-state index is 4.60. The molecule has 4 heteroatoms. The molecule has 0 aromatic carbocycles. The van der Waals surface area contributed by atoms with Gasteiger partial charge in [-0.3, -0.25) is 0 Å². The lowest BCUT2D eigenvalue weighted by atomic mass is 10.0. The van der Waals surface area contributed by atoms with Crippen molar-refractivity contribution in [2.75, 3.05) is 5.75 Å². The Morgan fingerprint density at radius 3 is 1.85 bits per heavy atom. The highest BCUT2D eigenvalue weighted by Crippen LogP contribution is 2.23. The molecule has 0 aliphatic carbocycles. The normalized spacial score (nSPS) is 11.6. The summed E-state index contributed by atoms with van der Waals surface area (Å²) in [6.45, 7) is 2.29. The van der Waals surface area contributed by atoms with Crippen LogP contribution in [0.15, 0.2) is 15.9 Å². The summed E-state index contributed by atoms with van der Waals surface area (Å²) < 4.78 is 0. The number of unbranched alkanes of at least 4 members (excludes halogenated alkanes) is 14. The number of nitrogens with one attached hydrogen (secondary N) is 1. The third kappa shape index (κ3) is 9.45. The predicted molar refractivity (Wildman–Crippen MR) is 120 cm³/mol. The molecule has 0 saturated carbocycles. The summed E-state index contributed by atoms with van der Waals surface area (Å²) >= 11 is 3.59. The number of hydrogen-bond acceptors (Lipinski definition) is 3. The number of aromatic amines is 1. The number of hydrogen-bond donors (Lipinski definition) is 1. The number of imidazole rings is 1. The number of fused-ring (bicyclic) bond motifs is 1. The lowest BCUT2D eigenvalue weighted by Gasteiger charge is -2.03. The average molecular weight is 395 g/mol. The van der Waals surface area contributed by atoms with Crippen LogP contribution in [0.5, 0.6) is 0 Å². The van der Waals surface area contributed by atoms with E-state index >= 15 is 0 Å². The fourth-order valence-corrected chi connectivity index (χ4v) is 5.01. The van der Waals surface area contributed by atoms with Gasteiger partial charge in [-0.2, -0.15) is 0 Å². The van der Waals surface area contributed by atoms with Gasteiger partial charge in [0.2, 0.25) is 0 Å². The van der Waals surface area contributed by atoms with Crippen molar-refractivity contribution in [1.29, 1.82) is 0 Å². The van der Waals surface area contributed by atoms with E-state index in [0.29, 0.717) is 0 Å². The monoisotopic (exact) mass is 394 g/mol. The molecule has 2 nitrogen and oxygen atoms in total. The van der Waals surface area contributed by atoms with Crippen LogP contribution in [0.1, 0.15) is 103 Å². The third-order valence-corrected chi connectivity index (χ3v) is 6.78. The molecule has 2 heterocycles. The molecule has 0 atom stereocenters. The second-order valence-corrected chi connectivity index (χ2v) is 9.34. The number of H-pyrrole nitrogens is 1. The van der Waals surface area contributed by atoms with Gasteiger partial charge in [0.1, 0.15) is 5.52 Å². The molecule has 0 radical (unpaired) electrons. The van der Waals surface area contributed by atoms with E-state index in [9.17, 15) is 0 Å². The van der Waals surface area contributed by atoms with Crippen LogP contribution in [0, 0.1) is 0 Å². The smallest absolute Gasteiger partial charge is 0.166 e. The van der Waals surface area contributed by atoms with Crippen molar-refractivity contribution in [1.82, 2.24) is 9.97 Å². The number of thiophene rings is 1. The minimum Gasteiger partial charge on any atom is -0.332 e. The summed E-state index contributed by atoms with van der Waals surface area (Å²) in [4.78, 5) is 7.99. The summed E-state index contributed by atoms with van der Waals surface area (Å²) in [5, 5.41) is 5.34. The molecule has 0 bridgehead atoms. The molecule has 0 aliphatic rings. The van der Waals surface area contributed by atoms with Crippen molar-refractivity contribution in [2.24, 2.45) is 0 Å². The predicted octanol–water partition coefficient (Wildman–Crippen LogP) is 8.59. The lowest BCUT2D eigenvalue weighted by Crippen LogP contribution is -1.85. The van der Waals surface area contributed by atoms with Crippen LogP contribution in [0.2, 0.25) is 0 Å². The number of aromatic nitrogens is 2. The van der Waals surface area contributed by atoms with Gasteiger partial charge < -0.3 is 4.98 Å². The van der Waals surface area contributed by atoms with Crippen molar-refractivity contribution in [3.8, 4) is 0 Å². The maximum Gasteiger partial charge on any atom is 0.166 e. The molecule has 26 heavy (non-hydrogen) atoms. The second-order valence-electron chi connectivity index (χ2n) is 7.51. The van der Waals surface area contributed by atoms with E-state index in [4.69, 9.17) is 0 Å². The fourth-order valence-electron chi connectivity index (χ4n) is 3.43. The maximum absolute atomic E-state index is 4.60. The van der Waals surface area contributed by atoms with Crippen LogP contribution in [0.25, 0.3) is 11.0 Å². The zero-order chi connectivity index (χ0) is 18.3. The molecular weight excluding hydrogens is 356 g/mol. The molecule has 148 valence electrons. The molecule has 2 aromatic heterocycles. The number of nitrogens with zero attached hydrogens (tertiary/aromatic N) is 1. The van der Waals surface area contributed by atoms with Gasteiger partial charge in [-0.25, -0.2) is 4.98 Å². The summed E-state index contributed by atoms with van der Waals surface area (Å²) in [6.07, 6.45) is 21.5. The van der Waals surface area contributed by atoms with Crippen LogP contribution in [-0.4, -0.2) is 15.7 Å². The molecule has 0 unspecified atom stereocenters. The van der Waals surface area contributed by atoms with Gasteiger partial charge in [-0.1, -0.05) is 109 Å². The minimum absolute atomic E-state index is 1.09. The quantitative estimate of drug-likeness (QED) is 0.215. The SMILES string of the molecule is CCCCCCCCCCCCCCCCCSc1nc2cscc2[nH]1. The van der Waals surface area contributed by atoms with Crippen molar-refractivity contribution >= 4 is 34.1 Å². The van der Waals surface area contributed by atoms with Crippen molar-refractivity contribution < 1.29 is 0 Å². The first-order chi connectivity index (χ1) is 12.9. The van der Waals surface area contributed by atoms with E-state index < -0.39 is 0 Å². The number of rotatable bonds is 17. The molecule has 0 saturated heterocycles. The van der Waals surface area contributed by atoms with Gasteiger partial charge in [-0.15, -0.1) is 11.3 Å². The highest BCUT2D eigenvalue weighted by molar-refractivity contribution is 7.99. The first-order valence-electron chi connectivity index (χ1n) is 10.9. The van der Waals surface area contributed by atoms with Gasteiger partial charge >= 0.3 is 0 Å². The van der Waals surface area contributed by atoms with Crippen LogP contribution in [-0.2, 0) is 0 Å². The van der Waals surface area contributed by atoms with E-state index in [0.717, 1.165) is 10.7 Å². The molecular formula is C22H38N2S2. The zero-order valence-corrected chi connectivity index (χ0v) is 18.4. The highest BCUT2D eigenvalue weighted by Gasteiger charge is 2.03. The molecule has 0 fully saturated rings. The molecule has 2 aromatic rings. The van der Waals surface area contributed by atoms with E-state index in [-0.39, 0.29) is 0 Å². The van der Waals surface area contributed by atoms with Crippen LogP contribution >= 0.6 is 23.1 Å². The Labute approximate surface area is 169 Å². The van der Waals surface area contributed by atoms with Gasteiger partial charge in [-0.05, 0) is 6.42 Å².